The Kier molecular flexibility index (Phi) is 8.21. The quantitative estimate of drug-likeness (QED) is 0.270. The van der Waals surface area contributed by atoms with Crippen molar-refractivity contribution in [3.05, 3.63) is 114 Å². The van der Waals surface area contributed by atoms with Gasteiger partial charge in [-0.05, 0) is 60.4 Å². The molecule has 5 nitrogen and oxygen atoms in total. The van der Waals surface area contributed by atoms with E-state index in [1.807, 2.05) is 30.9 Å². The second kappa shape index (κ2) is 12.1. The number of anilines is 1. The highest BCUT2D eigenvalue weighted by atomic mass is 35.5. The minimum absolute atomic E-state index is 0.0438. The van der Waals surface area contributed by atoms with Gasteiger partial charge in [-0.15, -0.1) is 0 Å². The first-order chi connectivity index (χ1) is 17.7. The molecule has 36 heavy (non-hydrogen) atoms. The molecule has 2 heterocycles. The maximum Gasteiger partial charge on any atom is 0.119 e. The van der Waals surface area contributed by atoms with Crippen molar-refractivity contribution in [1.82, 2.24) is 14.5 Å². The third-order valence-electron chi connectivity index (χ3n) is 6.77. The zero-order valence-corrected chi connectivity index (χ0v) is 21.3. The highest BCUT2D eigenvalue weighted by Gasteiger charge is 2.18. The van der Waals surface area contributed by atoms with Crippen LogP contribution in [-0.4, -0.2) is 46.7 Å². The van der Waals surface area contributed by atoms with Gasteiger partial charge in [0.2, 0.25) is 0 Å². The molecule has 1 unspecified atom stereocenters. The van der Waals surface area contributed by atoms with Crippen molar-refractivity contribution in [3.63, 3.8) is 0 Å². The fourth-order valence-electron chi connectivity index (χ4n) is 4.73. The van der Waals surface area contributed by atoms with Gasteiger partial charge in [-0.2, -0.15) is 0 Å². The lowest BCUT2D eigenvalue weighted by Gasteiger charge is -2.36. The Balaban J connectivity index is 1.16. The van der Waals surface area contributed by atoms with E-state index in [0.717, 1.165) is 62.9 Å². The summed E-state index contributed by atoms with van der Waals surface area (Å²) >= 11 is 6.04. The van der Waals surface area contributed by atoms with Crippen molar-refractivity contribution in [2.24, 2.45) is 0 Å². The van der Waals surface area contributed by atoms with Crippen LogP contribution in [0, 0.1) is 0 Å². The molecule has 1 aromatic heterocycles. The van der Waals surface area contributed by atoms with Crippen LogP contribution in [0.1, 0.15) is 17.5 Å². The van der Waals surface area contributed by atoms with Crippen LogP contribution in [0.15, 0.2) is 97.6 Å². The fourth-order valence-corrected chi connectivity index (χ4v) is 4.86. The van der Waals surface area contributed by atoms with Crippen LogP contribution in [0.25, 0.3) is 0 Å². The largest absolute Gasteiger partial charge is 0.489 e. The van der Waals surface area contributed by atoms with Crippen LogP contribution >= 0.6 is 11.6 Å². The molecule has 1 saturated heterocycles. The standard InChI is InChI=1S/C30H33ClN4O/c31-27-9-6-25(7-10-27)8-13-30(23-34-17-16-32-24-34)36-29-14-11-28(12-15-29)35-20-18-33(19-21-35)22-26-4-2-1-3-5-26/h1-7,9-12,14-17,24,30H,8,13,18-23H2. The number of halogens is 1. The summed E-state index contributed by atoms with van der Waals surface area (Å²) in [4.78, 5) is 9.19. The van der Waals surface area contributed by atoms with E-state index in [9.17, 15) is 0 Å². The molecule has 3 aromatic carbocycles. The maximum absolute atomic E-state index is 6.46. The second-order valence-corrected chi connectivity index (χ2v) is 9.84. The minimum atomic E-state index is 0.0438. The van der Waals surface area contributed by atoms with Gasteiger partial charge in [0.15, 0.2) is 0 Å². The van der Waals surface area contributed by atoms with Crippen LogP contribution in [-0.2, 0) is 19.5 Å². The molecule has 0 aliphatic carbocycles. The van der Waals surface area contributed by atoms with Gasteiger partial charge in [0, 0.05) is 55.8 Å². The molecule has 1 fully saturated rings. The summed E-state index contributed by atoms with van der Waals surface area (Å²) in [5, 5.41) is 0.766. The second-order valence-electron chi connectivity index (χ2n) is 9.41. The minimum Gasteiger partial charge on any atom is -0.489 e. The van der Waals surface area contributed by atoms with Crippen LogP contribution in [0.2, 0.25) is 5.02 Å². The lowest BCUT2D eigenvalue weighted by molar-refractivity contribution is 0.170. The third kappa shape index (κ3) is 6.90. The summed E-state index contributed by atoms with van der Waals surface area (Å²) < 4.78 is 8.54. The molecular weight excluding hydrogens is 468 g/mol. The molecule has 1 aliphatic heterocycles. The molecule has 4 aromatic rings. The Bertz CT molecular complexity index is 1170. The van der Waals surface area contributed by atoms with E-state index in [1.165, 1.54) is 16.8 Å². The highest BCUT2D eigenvalue weighted by molar-refractivity contribution is 6.30. The monoisotopic (exact) mass is 500 g/mol. The molecule has 1 atom stereocenters. The molecular formula is C30H33ClN4O. The predicted molar refractivity (Wildman–Crippen MR) is 147 cm³/mol. The van der Waals surface area contributed by atoms with Crippen LogP contribution in [0.3, 0.4) is 0 Å². The predicted octanol–water partition coefficient (Wildman–Crippen LogP) is 5.94. The number of rotatable bonds is 10. The molecule has 0 N–H and O–H groups in total. The van der Waals surface area contributed by atoms with Crippen LogP contribution in [0.5, 0.6) is 5.75 Å². The van der Waals surface area contributed by atoms with Crippen molar-refractivity contribution in [1.29, 1.82) is 0 Å². The summed E-state index contributed by atoms with van der Waals surface area (Å²) in [5.41, 5.74) is 3.91. The number of imidazole rings is 1. The molecule has 0 bridgehead atoms. The Morgan fingerprint density at radius 2 is 1.58 bits per heavy atom. The van der Waals surface area contributed by atoms with E-state index in [-0.39, 0.29) is 6.10 Å². The normalized spacial score (nSPS) is 15.1. The molecule has 186 valence electrons. The lowest BCUT2D eigenvalue weighted by atomic mass is 10.1. The summed E-state index contributed by atoms with van der Waals surface area (Å²) in [5.74, 6) is 0.905. The molecule has 6 heteroatoms. The Morgan fingerprint density at radius 3 is 2.28 bits per heavy atom. The van der Waals surface area contributed by atoms with E-state index >= 15 is 0 Å². The van der Waals surface area contributed by atoms with E-state index in [1.54, 1.807) is 0 Å². The average molecular weight is 501 g/mol. The zero-order valence-electron chi connectivity index (χ0n) is 20.5. The van der Waals surface area contributed by atoms with Crippen LogP contribution in [0.4, 0.5) is 5.69 Å². The summed E-state index contributed by atoms with van der Waals surface area (Å²) in [7, 11) is 0. The third-order valence-corrected chi connectivity index (χ3v) is 7.02. The summed E-state index contributed by atoms with van der Waals surface area (Å²) in [6.45, 7) is 6.01. The number of benzene rings is 3. The van der Waals surface area contributed by atoms with E-state index in [4.69, 9.17) is 16.3 Å². The molecule has 0 amide bonds. The first kappa shape index (κ1) is 24.4. The van der Waals surface area contributed by atoms with Gasteiger partial charge < -0.3 is 14.2 Å². The van der Waals surface area contributed by atoms with Gasteiger partial charge >= 0.3 is 0 Å². The van der Waals surface area contributed by atoms with Crippen molar-refractivity contribution >= 4 is 17.3 Å². The van der Waals surface area contributed by atoms with E-state index in [0.29, 0.717) is 0 Å². The number of aryl methyl sites for hydroxylation is 1. The summed E-state index contributed by atoms with van der Waals surface area (Å²) in [6, 6.07) is 27.4. The first-order valence-corrected chi connectivity index (χ1v) is 13.1. The molecule has 0 saturated carbocycles. The SMILES string of the molecule is Clc1ccc(CCC(Cn2ccnc2)Oc2ccc(N3CCN(Cc4ccccc4)CC3)cc2)cc1. The molecule has 5 rings (SSSR count). The van der Waals surface area contributed by atoms with Gasteiger partial charge in [0.25, 0.3) is 0 Å². The number of nitrogens with zero attached hydrogens (tertiary/aromatic N) is 4. The van der Waals surface area contributed by atoms with E-state index in [2.05, 4.69) is 86.1 Å². The maximum atomic E-state index is 6.46. The van der Waals surface area contributed by atoms with Gasteiger partial charge in [-0.3, -0.25) is 4.90 Å². The van der Waals surface area contributed by atoms with E-state index < -0.39 is 0 Å². The van der Waals surface area contributed by atoms with Crippen molar-refractivity contribution < 1.29 is 4.74 Å². The highest BCUT2D eigenvalue weighted by Crippen LogP contribution is 2.23. The Hall–Kier alpha value is -3.28. The Morgan fingerprint density at radius 1 is 0.833 bits per heavy atom. The summed E-state index contributed by atoms with van der Waals surface area (Å²) in [6.07, 6.45) is 7.53. The van der Waals surface area contributed by atoms with Gasteiger partial charge in [-0.1, -0.05) is 54.1 Å². The van der Waals surface area contributed by atoms with Gasteiger partial charge in [0.1, 0.15) is 11.9 Å². The van der Waals surface area contributed by atoms with Gasteiger partial charge in [-0.25, -0.2) is 4.98 Å². The number of hydrogen-bond donors (Lipinski definition) is 0. The number of piperazine rings is 1. The molecule has 0 spiro atoms. The first-order valence-electron chi connectivity index (χ1n) is 12.7. The topological polar surface area (TPSA) is 33.5 Å². The van der Waals surface area contributed by atoms with Gasteiger partial charge in [0.05, 0.1) is 12.9 Å². The Labute approximate surface area is 218 Å². The fraction of sp³-hybridized carbons (Fsp3) is 0.300. The average Bonchev–Trinajstić information content (AvgIpc) is 3.43. The number of hydrogen-bond acceptors (Lipinski definition) is 4. The van der Waals surface area contributed by atoms with Crippen molar-refractivity contribution in [3.8, 4) is 5.75 Å². The van der Waals surface area contributed by atoms with Crippen LogP contribution < -0.4 is 9.64 Å². The zero-order chi connectivity index (χ0) is 24.6. The lowest BCUT2D eigenvalue weighted by Crippen LogP contribution is -2.45. The molecule has 0 radical (unpaired) electrons. The van der Waals surface area contributed by atoms with Crippen molar-refractivity contribution in [2.45, 2.75) is 32.0 Å². The number of aromatic nitrogens is 2. The molecule has 1 aliphatic rings. The van der Waals surface area contributed by atoms with Crippen molar-refractivity contribution in [2.75, 3.05) is 31.1 Å². The number of ether oxygens (including phenoxy) is 1. The smallest absolute Gasteiger partial charge is 0.119 e.